The van der Waals surface area contributed by atoms with Gasteiger partial charge in [0.25, 0.3) is 0 Å². The fourth-order valence-corrected chi connectivity index (χ4v) is 1.29. The van der Waals surface area contributed by atoms with Crippen LogP contribution in [0.5, 0.6) is 0 Å². The van der Waals surface area contributed by atoms with Crippen LogP contribution >= 0.6 is 0 Å². The first-order valence-corrected chi connectivity index (χ1v) is 6.32. The quantitative estimate of drug-likeness (QED) is 0.348. The molecule has 6 heteroatoms. The maximum atomic E-state index is 11.1. The van der Waals surface area contributed by atoms with E-state index in [-0.39, 0.29) is 26.1 Å². The Morgan fingerprint density at radius 3 is 1.39 bits per heavy atom. The van der Waals surface area contributed by atoms with E-state index >= 15 is 0 Å². The molecule has 0 spiro atoms. The Bertz CT molecular complexity index is 205. The third-order valence-electron chi connectivity index (χ3n) is 2.31. The number of aliphatic hydroxyl groups excluding tert-OH is 2. The van der Waals surface area contributed by atoms with Crippen LogP contribution in [0, 0.1) is 0 Å². The van der Waals surface area contributed by atoms with Gasteiger partial charge in [0.05, 0.1) is 12.8 Å². The molecule has 0 rings (SSSR count). The van der Waals surface area contributed by atoms with Crippen LogP contribution in [0.25, 0.3) is 0 Å². The second-order valence-corrected chi connectivity index (χ2v) is 3.98. The van der Waals surface area contributed by atoms with Crippen molar-refractivity contribution in [3.8, 4) is 0 Å². The second-order valence-electron chi connectivity index (χ2n) is 3.98. The summed E-state index contributed by atoms with van der Waals surface area (Å²) in [6.45, 7) is 0.218. The maximum absolute atomic E-state index is 11.1. The molecule has 0 saturated carbocycles. The zero-order chi connectivity index (χ0) is 13.6. The summed E-state index contributed by atoms with van der Waals surface area (Å²) in [6.07, 6.45) is 4.34. The molecule has 0 unspecified atom stereocenters. The minimum Gasteiger partial charge on any atom is -0.396 e. The lowest BCUT2D eigenvalue weighted by molar-refractivity contribution is -0.259. The summed E-state index contributed by atoms with van der Waals surface area (Å²) < 4.78 is 0. The molecule has 0 aliphatic heterocycles. The minimum atomic E-state index is -0.573. The van der Waals surface area contributed by atoms with Crippen molar-refractivity contribution in [1.82, 2.24) is 0 Å². The normalized spacial score (nSPS) is 10.1. The Labute approximate surface area is 107 Å². The smallest absolute Gasteiger partial charge is 0.355 e. The molecule has 0 aromatic heterocycles. The van der Waals surface area contributed by atoms with E-state index in [0.717, 1.165) is 12.8 Å². The van der Waals surface area contributed by atoms with Gasteiger partial charge in [-0.2, -0.15) is 0 Å². The van der Waals surface area contributed by atoms with Gasteiger partial charge in [-0.25, -0.2) is 19.4 Å². The van der Waals surface area contributed by atoms with Crippen LogP contribution < -0.4 is 0 Å². The van der Waals surface area contributed by atoms with Gasteiger partial charge >= 0.3 is 11.9 Å². The highest BCUT2D eigenvalue weighted by molar-refractivity contribution is 5.72. The number of rotatable bonds is 10. The third kappa shape index (κ3) is 11.3. The molecular weight excluding hydrogens is 240 g/mol. The molecule has 2 N–H and O–H groups in total. The lowest BCUT2D eigenvalue weighted by Crippen LogP contribution is -2.11. The average molecular weight is 262 g/mol. The molecule has 18 heavy (non-hydrogen) atoms. The number of aliphatic hydroxyl groups is 2. The average Bonchev–Trinajstić information content (AvgIpc) is 2.37. The molecule has 0 aromatic rings. The Morgan fingerprint density at radius 2 is 1.06 bits per heavy atom. The highest BCUT2D eigenvalue weighted by atomic mass is 17.2. The summed E-state index contributed by atoms with van der Waals surface area (Å²) in [5, 5.41) is 17.1. The molecule has 0 aliphatic rings. The topological polar surface area (TPSA) is 93.1 Å². The lowest BCUT2D eigenvalue weighted by Gasteiger charge is -2.03. The first kappa shape index (κ1) is 16.9. The van der Waals surface area contributed by atoms with Crippen LogP contribution in [0.4, 0.5) is 0 Å². The molecule has 106 valence electrons. The van der Waals surface area contributed by atoms with Crippen molar-refractivity contribution in [2.45, 2.75) is 51.4 Å². The van der Waals surface area contributed by atoms with Crippen molar-refractivity contribution in [2.24, 2.45) is 0 Å². The Kier molecular flexibility index (Phi) is 11.5. The van der Waals surface area contributed by atoms with Gasteiger partial charge in [0.15, 0.2) is 0 Å². The fourth-order valence-electron chi connectivity index (χ4n) is 1.29. The van der Waals surface area contributed by atoms with Gasteiger partial charge < -0.3 is 10.2 Å². The van der Waals surface area contributed by atoms with Crippen molar-refractivity contribution < 1.29 is 29.6 Å². The van der Waals surface area contributed by atoms with Gasteiger partial charge in [-0.3, -0.25) is 0 Å². The van der Waals surface area contributed by atoms with Crippen molar-refractivity contribution in [2.75, 3.05) is 13.2 Å². The fraction of sp³-hybridized carbons (Fsp3) is 0.833. The van der Waals surface area contributed by atoms with E-state index in [9.17, 15) is 9.59 Å². The van der Waals surface area contributed by atoms with Gasteiger partial charge in [-0.15, -0.1) is 0 Å². The first-order valence-electron chi connectivity index (χ1n) is 6.32. The van der Waals surface area contributed by atoms with Crippen LogP contribution in [0.15, 0.2) is 0 Å². The zero-order valence-electron chi connectivity index (χ0n) is 10.6. The van der Waals surface area contributed by atoms with E-state index in [2.05, 4.69) is 9.78 Å². The highest BCUT2D eigenvalue weighted by Crippen LogP contribution is 2.03. The predicted molar refractivity (Wildman–Crippen MR) is 63.3 cm³/mol. The zero-order valence-corrected chi connectivity index (χ0v) is 10.6. The molecule has 0 saturated heterocycles. The molecule has 0 fully saturated rings. The predicted octanol–water partition coefficient (Wildman–Crippen LogP) is 1.09. The SMILES string of the molecule is O=C(CCCCCO)OOC(=O)CCCCCO. The standard InChI is InChI=1S/C12H22O6/c13-9-5-1-3-7-11(15)17-18-12(16)8-4-2-6-10-14/h13-14H,1-10H2. The summed E-state index contributed by atoms with van der Waals surface area (Å²) in [7, 11) is 0. The molecular formula is C12H22O6. The van der Waals surface area contributed by atoms with Crippen LogP contribution in [0.1, 0.15) is 51.4 Å². The Morgan fingerprint density at radius 1 is 0.667 bits per heavy atom. The molecule has 0 amide bonds. The Balaban J connectivity index is 3.39. The van der Waals surface area contributed by atoms with Gasteiger partial charge in [0.2, 0.25) is 0 Å². The third-order valence-corrected chi connectivity index (χ3v) is 2.31. The Hall–Kier alpha value is -1.14. The molecule has 0 bridgehead atoms. The summed E-state index contributed by atoms with van der Waals surface area (Å²) in [5.41, 5.74) is 0. The van der Waals surface area contributed by atoms with Gasteiger partial charge in [0, 0.05) is 13.2 Å². The highest BCUT2D eigenvalue weighted by Gasteiger charge is 2.09. The van der Waals surface area contributed by atoms with Crippen LogP contribution in [-0.2, 0) is 19.4 Å². The second kappa shape index (κ2) is 12.3. The summed E-state index contributed by atoms with van der Waals surface area (Å²) in [5.74, 6) is -1.15. The first-order chi connectivity index (χ1) is 8.70. The lowest BCUT2D eigenvalue weighted by atomic mass is 10.2. The van der Waals surface area contributed by atoms with Crippen molar-refractivity contribution in [3.63, 3.8) is 0 Å². The van der Waals surface area contributed by atoms with Crippen molar-refractivity contribution in [1.29, 1.82) is 0 Å². The summed E-state index contributed by atoms with van der Waals surface area (Å²) >= 11 is 0. The van der Waals surface area contributed by atoms with Gasteiger partial charge in [-0.05, 0) is 25.7 Å². The van der Waals surface area contributed by atoms with E-state index in [4.69, 9.17) is 10.2 Å². The van der Waals surface area contributed by atoms with E-state index < -0.39 is 11.9 Å². The van der Waals surface area contributed by atoms with Crippen molar-refractivity contribution in [3.05, 3.63) is 0 Å². The van der Waals surface area contributed by atoms with Gasteiger partial charge in [0.1, 0.15) is 0 Å². The van der Waals surface area contributed by atoms with Crippen LogP contribution in [0.2, 0.25) is 0 Å². The summed E-state index contributed by atoms with van der Waals surface area (Å²) in [4.78, 5) is 30.9. The maximum Gasteiger partial charge on any atom is 0.355 e. The number of carbonyl (C=O) groups excluding carboxylic acids is 2. The van der Waals surface area contributed by atoms with Gasteiger partial charge in [-0.1, -0.05) is 12.8 Å². The van der Waals surface area contributed by atoms with Crippen molar-refractivity contribution >= 4 is 11.9 Å². The molecule has 0 aromatic carbocycles. The van der Waals surface area contributed by atoms with E-state index in [1.165, 1.54) is 0 Å². The minimum absolute atomic E-state index is 0.109. The molecule has 0 atom stereocenters. The number of carbonyl (C=O) groups is 2. The molecule has 6 nitrogen and oxygen atoms in total. The molecule has 0 aliphatic carbocycles. The monoisotopic (exact) mass is 262 g/mol. The number of unbranched alkanes of at least 4 members (excludes halogenated alkanes) is 4. The van der Waals surface area contributed by atoms with E-state index in [1.54, 1.807) is 0 Å². The van der Waals surface area contributed by atoms with E-state index in [1.807, 2.05) is 0 Å². The summed E-state index contributed by atoms with van der Waals surface area (Å²) in [6, 6.07) is 0. The molecule has 0 heterocycles. The number of hydrogen-bond acceptors (Lipinski definition) is 6. The van der Waals surface area contributed by atoms with Crippen LogP contribution in [0.3, 0.4) is 0 Å². The molecule has 0 radical (unpaired) electrons. The van der Waals surface area contributed by atoms with E-state index in [0.29, 0.717) is 25.7 Å². The van der Waals surface area contributed by atoms with Crippen LogP contribution in [-0.4, -0.2) is 35.4 Å². The largest absolute Gasteiger partial charge is 0.396 e. The number of hydrogen-bond donors (Lipinski definition) is 2.